The van der Waals surface area contributed by atoms with E-state index in [0.717, 1.165) is 31.2 Å². The number of hydrogen-bond donors (Lipinski definition) is 2. The van der Waals surface area contributed by atoms with E-state index in [1.807, 2.05) is 6.07 Å². The minimum atomic E-state index is -0.495. The van der Waals surface area contributed by atoms with E-state index in [1.54, 1.807) is 6.07 Å². The van der Waals surface area contributed by atoms with Crippen molar-refractivity contribution in [3.63, 3.8) is 0 Å². The summed E-state index contributed by atoms with van der Waals surface area (Å²) in [5.74, 6) is 0.127. The van der Waals surface area contributed by atoms with Gasteiger partial charge in [0, 0.05) is 17.7 Å². The second kappa shape index (κ2) is 8.37. The Kier molecular flexibility index (Phi) is 5.67. The van der Waals surface area contributed by atoms with Gasteiger partial charge in [0.1, 0.15) is 5.82 Å². The van der Waals surface area contributed by atoms with Gasteiger partial charge in [0.05, 0.1) is 5.02 Å². The van der Waals surface area contributed by atoms with Gasteiger partial charge in [-0.1, -0.05) is 48.0 Å². The molecule has 2 N–H and O–H groups in total. The second-order valence-corrected chi connectivity index (χ2v) is 8.09. The lowest BCUT2D eigenvalue weighted by Gasteiger charge is -2.29. The molecular formula is C23H22ClFN2O2. The number of H-pyrrole nitrogens is 2. The van der Waals surface area contributed by atoms with Gasteiger partial charge in [0.2, 0.25) is 0 Å². The smallest absolute Gasteiger partial charge is 0.311 e. The molecular weight excluding hydrogens is 391 g/mol. The molecule has 6 heteroatoms. The van der Waals surface area contributed by atoms with Gasteiger partial charge < -0.3 is 4.98 Å². The molecule has 1 aliphatic carbocycles. The van der Waals surface area contributed by atoms with Gasteiger partial charge in [0.25, 0.3) is 5.56 Å². The number of aromatic amines is 2. The summed E-state index contributed by atoms with van der Waals surface area (Å²) in [7, 11) is 0. The van der Waals surface area contributed by atoms with Crippen LogP contribution in [-0.4, -0.2) is 9.97 Å². The lowest BCUT2D eigenvalue weighted by atomic mass is 9.76. The summed E-state index contributed by atoms with van der Waals surface area (Å²) < 4.78 is 13.5. The van der Waals surface area contributed by atoms with Crippen molar-refractivity contribution in [1.29, 1.82) is 0 Å². The number of benzene rings is 2. The molecule has 4 rings (SSSR count). The molecule has 4 nitrogen and oxygen atoms in total. The Morgan fingerprint density at radius 1 is 0.931 bits per heavy atom. The fourth-order valence-electron chi connectivity index (χ4n) is 4.35. The number of halogens is 2. The van der Waals surface area contributed by atoms with Gasteiger partial charge in [-0.3, -0.25) is 9.78 Å². The maximum atomic E-state index is 13.5. The van der Waals surface area contributed by atoms with Crippen LogP contribution in [0.25, 0.3) is 0 Å². The van der Waals surface area contributed by atoms with E-state index in [0.29, 0.717) is 23.6 Å². The molecule has 0 atom stereocenters. The van der Waals surface area contributed by atoms with Gasteiger partial charge in [-0.05, 0) is 60.8 Å². The van der Waals surface area contributed by atoms with Gasteiger partial charge in [0.15, 0.2) is 0 Å². The topological polar surface area (TPSA) is 65.7 Å². The van der Waals surface area contributed by atoms with Crippen molar-refractivity contribution in [2.45, 2.75) is 43.9 Å². The Hall–Kier alpha value is -2.66. The summed E-state index contributed by atoms with van der Waals surface area (Å²) in [6.07, 6.45) is 4.10. The lowest BCUT2D eigenvalue weighted by Crippen LogP contribution is -2.30. The standard InChI is InChI=1S/C23H22ClFN2O2/c24-19-13-14(6-11-20(19)25)12-18-21(26-23(29)27-22(18)28)17-9-7-16(8-10-17)15-4-2-1-3-5-15/h1-6,11,13,16-17H,7-10,12H2,(H2,26,27,28,29)/t16-,17-. The summed E-state index contributed by atoms with van der Waals surface area (Å²) in [6.45, 7) is 0. The Labute approximate surface area is 172 Å². The SMILES string of the molecule is O=c1[nH]c(=O)c(Cc2ccc(F)c(Cl)c2)c([C@H]2CC[C@H](c3ccccc3)CC2)[nH]1. The molecule has 0 unspecified atom stereocenters. The molecule has 1 heterocycles. The molecule has 1 saturated carbocycles. The zero-order valence-electron chi connectivity index (χ0n) is 15.9. The van der Waals surface area contributed by atoms with Crippen LogP contribution in [0.3, 0.4) is 0 Å². The number of aromatic nitrogens is 2. The Bertz CT molecular complexity index is 1120. The van der Waals surface area contributed by atoms with E-state index < -0.39 is 17.1 Å². The molecule has 0 saturated heterocycles. The highest BCUT2D eigenvalue weighted by atomic mass is 35.5. The highest BCUT2D eigenvalue weighted by Gasteiger charge is 2.27. The Morgan fingerprint density at radius 2 is 1.62 bits per heavy atom. The monoisotopic (exact) mass is 412 g/mol. The van der Waals surface area contributed by atoms with Crippen molar-refractivity contribution in [2.75, 3.05) is 0 Å². The number of hydrogen-bond acceptors (Lipinski definition) is 2. The van der Waals surface area contributed by atoms with Crippen LogP contribution in [-0.2, 0) is 6.42 Å². The largest absolute Gasteiger partial charge is 0.325 e. The average Bonchev–Trinajstić information content (AvgIpc) is 2.73. The second-order valence-electron chi connectivity index (χ2n) is 7.68. The van der Waals surface area contributed by atoms with Gasteiger partial charge in [-0.2, -0.15) is 0 Å². The minimum absolute atomic E-state index is 0.0215. The van der Waals surface area contributed by atoms with E-state index in [1.165, 1.54) is 17.7 Å². The summed E-state index contributed by atoms with van der Waals surface area (Å²) in [6, 6.07) is 14.9. The predicted octanol–water partition coefficient (Wildman–Crippen LogP) is 4.89. The third kappa shape index (κ3) is 4.35. The van der Waals surface area contributed by atoms with Crippen LogP contribution in [0.1, 0.15) is 59.9 Å². The first kappa shape index (κ1) is 19.6. The van der Waals surface area contributed by atoms with Crippen LogP contribution in [0.2, 0.25) is 5.02 Å². The summed E-state index contributed by atoms with van der Waals surface area (Å²) in [5.41, 5.74) is 2.41. The van der Waals surface area contributed by atoms with Crippen LogP contribution in [0.5, 0.6) is 0 Å². The van der Waals surface area contributed by atoms with E-state index in [4.69, 9.17) is 11.6 Å². The van der Waals surface area contributed by atoms with E-state index >= 15 is 0 Å². The van der Waals surface area contributed by atoms with Crippen LogP contribution >= 0.6 is 11.6 Å². The van der Waals surface area contributed by atoms with E-state index in [9.17, 15) is 14.0 Å². The van der Waals surface area contributed by atoms with Crippen LogP contribution < -0.4 is 11.2 Å². The average molecular weight is 413 g/mol. The van der Waals surface area contributed by atoms with Crippen molar-refractivity contribution >= 4 is 11.6 Å². The Morgan fingerprint density at radius 3 is 2.31 bits per heavy atom. The van der Waals surface area contributed by atoms with Crippen molar-refractivity contribution in [3.8, 4) is 0 Å². The fourth-order valence-corrected chi connectivity index (χ4v) is 4.55. The third-order valence-corrected chi connectivity index (χ3v) is 6.14. The van der Waals surface area contributed by atoms with Crippen molar-refractivity contribution in [1.82, 2.24) is 9.97 Å². The maximum absolute atomic E-state index is 13.5. The molecule has 2 aromatic carbocycles. The molecule has 1 aliphatic rings. The normalized spacial score (nSPS) is 19.2. The zero-order chi connectivity index (χ0) is 20.4. The number of rotatable bonds is 4. The van der Waals surface area contributed by atoms with Crippen LogP contribution in [0.15, 0.2) is 58.1 Å². The first-order chi connectivity index (χ1) is 14.0. The Balaban J connectivity index is 1.60. The van der Waals surface area contributed by atoms with Gasteiger partial charge >= 0.3 is 5.69 Å². The predicted molar refractivity (Wildman–Crippen MR) is 112 cm³/mol. The van der Waals surface area contributed by atoms with Crippen molar-refractivity contribution in [2.24, 2.45) is 0 Å². The highest BCUT2D eigenvalue weighted by Crippen LogP contribution is 2.40. The molecule has 1 fully saturated rings. The molecule has 0 aliphatic heterocycles. The molecule has 0 radical (unpaired) electrons. The fraction of sp³-hybridized carbons (Fsp3) is 0.304. The first-order valence-corrected chi connectivity index (χ1v) is 10.2. The molecule has 0 amide bonds. The first-order valence-electron chi connectivity index (χ1n) is 9.85. The van der Waals surface area contributed by atoms with Crippen LogP contribution in [0, 0.1) is 5.82 Å². The molecule has 1 aromatic heterocycles. The van der Waals surface area contributed by atoms with Crippen molar-refractivity contribution in [3.05, 3.63) is 103 Å². The van der Waals surface area contributed by atoms with Crippen molar-refractivity contribution < 1.29 is 4.39 Å². The molecule has 0 spiro atoms. The van der Waals surface area contributed by atoms with E-state index in [2.05, 4.69) is 34.2 Å². The van der Waals surface area contributed by atoms with Crippen LogP contribution in [0.4, 0.5) is 4.39 Å². The summed E-state index contributed by atoms with van der Waals surface area (Å²) >= 11 is 5.89. The maximum Gasteiger partial charge on any atom is 0.325 e. The summed E-state index contributed by atoms with van der Waals surface area (Å²) in [4.78, 5) is 29.7. The molecule has 29 heavy (non-hydrogen) atoms. The minimum Gasteiger partial charge on any atom is -0.311 e. The molecule has 150 valence electrons. The van der Waals surface area contributed by atoms with E-state index in [-0.39, 0.29) is 10.9 Å². The quantitative estimate of drug-likeness (QED) is 0.640. The lowest BCUT2D eigenvalue weighted by molar-refractivity contribution is 0.388. The summed E-state index contributed by atoms with van der Waals surface area (Å²) in [5, 5.41) is 0.0215. The molecule has 0 bridgehead atoms. The number of nitrogens with one attached hydrogen (secondary N) is 2. The molecule has 3 aromatic rings. The van der Waals surface area contributed by atoms with Gasteiger partial charge in [-0.25, -0.2) is 9.18 Å². The highest BCUT2D eigenvalue weighted by molar-refractivity contribution is 6.30. The van der Waals surface area contributed by atoms with Gasteiger partial charge in [-0.15, -0.1) is 0 Å². The zero-order valence-corrected chi connectivity index (χ0v) is 16.6. The third-order valence-electron chi connectivity index (χ3n) is 5.85.